The fraction of sp³-hybridized carbons (Fsp3) is 0.571. The van der Waals surface area contributed by atoms with E-state index < -0.39 is 5.97 Å². The third-order valence-corrected chi connectivity index (χ3v) is 1.67. The molecule has 0 aliphatic carbocycles. The van der Waals surface area contributed by atoms with E-state index in [9.17, 15) is 4.79 Å². The second-order valence-corrected chi connectivity index (χ2v) is 2.57. The summed E-state index contributed by atoms with van der Waals surface area (Å²) in [5, 5.41) is 11.8. The highest BCUT2D eigenvalue weighted by atomic mass is 16.5. The zero-order valence-corrected chi connectivity index (χ0v) is 6.94. The van der Waals surface area contributed by atoms with E-state index in [0.29, 0.717) is 5.89 Å². The van der Waals surface area contributed by atoms with Gasteiger partial charge in [0, 0.05) is 5.92 Å². The Morgan fingerprint density at radius 1 is 1.75 bits per heavy atom. The van der Waals surface area contributed by atoms with Crippen LogP contribution in [0.2, 0.25) is 0 Å². The SMILES string of the molecule is CCC(C)c1nc(C(=O)O)no1. The van der Waals surface area contributed by atoms with Crippen molar-refractivity contribution in [3.8, 4) is 0 Å². The van der Waals surface area contributed by atoms with E-state index in [2.05, 4.69) is 10.1 Å². The third kappa shape index (κ3) is 1.61. The van der Waals surface area contributed by atoms with Crippen LogP contribution in [-0.4, -0.2) is 21.2 Å². The van der Waals surface area contributed by atoms with Gasteiger partial charge in [-0.25, -0.2) is 4.79 Å². The van der Waals surface area contributed by atoms with Gasteiger partial charge in [0.05, 0.1) is 0 Å². The molecule has 0 spiro atoms. The molecule has 12 heavy (non-hydrogen) atoms. The van der Waals surface area contributed by atoms with Crippen molar-refractivity contribution in [2.24, 2.45) is 0 Å². The Balaban J connectivity index is 2.84. The van der Waals surface area contributed by atoms with Crippen LogP contribution in [0.3, 0.4) is 0 Å². The molecule has 1 atom stereocenters. The highest BCUT2D eigenvalue weighted by Gasteiger charge is 2.16. The van der Waals surface area contributed by atoms with E-state index in [4.69, 9.17) is 9.63 Å². The summed E-state index contributed by atoms with van der Waals surface area (Å²) in [5.74, 6) is -0.931. The van der Waals surface area contributed by atoms with E-state index in [1.54, 1.807) is 0 Å². The van der Waals surface area contributed by atoms with Crippen LogP contribution in [0, 0.1) is 0 Å². The predicted molar refractivity (Wildman–Crippen MR) is 40.0 cm³/mol. The number of rotatable bonds is 3. The summed E-state index contributed by atoms with van der Waals surface area (Å²) < 4.78 is 4.74. The molecule has 0 aliphatic heterocycles. The van der Waals surface area contributed by atoms with Gasteiger partial charge in [0.25, 0.3) is 5.82 Å². The second-order valence-electron chi connectivity index (χ2n) is 2.57. The minimum Gasteiger partial charge on any atom is -0.475 e. The number of aromatic nitrogens is 2. The largest absolute Gasteiger partial charge is 0.475 e. The molecule has 5 heteroatoms. The van der Waals surface area contributed by atoms with E-state index in [-0.39, 0.29) is 11.7 Å². The van der Waals surface area contributed by atoms with Crippen molar-refractivity contribution >= 4 is 5.97 Å². The van der Waals surface area contributed by atoms with Crippen LogP contribution in [0.25, 0.3) is 0 Å². The van der Waals surface area contributed by atoms with E-state index in [1.807, 2.05) is 13.8 Å². The van der Waals surface area contributed by atoms with Crippen LogP contribution < -0.4 is 0 Å². The minimum atomic E-state index is -1.16. The van der Waals surface area contributed by atoms with Gasteiger partial charge in [-0.05, 0) is 11.6 Å². The maximum Gasteiger partial charge on any atom is 0.377 e. The van der Waals surface area contributed by atoms with Gasteiger partial charge in [-0.3, -0.25) is 0 Å². The molecule has 1 aromatic heterocycles. The molecular formula is C7H10N2O3. The third-order valence-electron chi connectivity index (χ3n) is 1.67. The Hall–Kier alpha value is -1.39. The smallest absolute Gasteiger partial charge is 0.377 e. The summed E-state index contributed by atoms with van der Waals surface area (Å²) in [7, 11) is 0. The van der Waals surface area contributed by atoms with Crippen LogP contribution >= 0.6 is 0 Å². The Bertz CT molecular complexity index is 282. The first-order valence-electron chi connectivity index (χ1n) is 3.72. The van der Waals surface area contributed by atoms with Crippen molar-refractivity contribution in [3.05, 3.63) is 11.7 Å². The molecule has 66 valence electrons. The zero-order chi connectivity index (χ0) is 9.14. The molecule has 1 aromatic rings. The number of carboxylic acids is 1. The molecule has 0 bridgehead atoms. The molecule has 0 aromatic carbocycles. The van der Waals surface area contributed by atoms with Crippen LogP contribution in [0.4, 0.5) is 0 Å². The molecule has 1 N–H and O–H groups in total. The number of carbonyl (C=O) groups is 1. The maximum atomic E-state index is 10.3. The number of hydrogen-bond acceptors (Lipinski definition) is 4. The van der Waals surface area contributed by atoms with Crippen molar-refractivity contribution in [1.29, 1.82) is 0 Å². The van der Waals surface area contributed by atoms with Crippen LogP contribution in [-0.2, 0) is 0 Å². The van der Waals surface area contributed by atoms with Gasteiger partial charge in [-0.15, -0.1) is 0 Å². The summed E-state index contributed by atoms with van der Waals surface area (Å²) in [6.07, 6.45) is 0.848. The van der Waals surface area contributed by atoms with E-state index in [1.165, 1.54) is 0 Å². The highest BCUT2D eigenvalue weighted by molar-refractivity contribution is 5.82. The lowest BCUT2D eigenvalue weighted by Gasteiger charge is -1.97. The van der Waals surface area contributed by atoms with Crippen LogP contribution in [0.1, 0.15) is 42.7 Å². The lowest BCUT2D eigenvalue weighted by Crippen LogP contribution is -1.99. The summed E-state index contributed by atoms with van der Waals surface area (Å²) in [4.78, 5) is 14.0. The Kier molecular flexibility index (Phi) is 2.42. The van der Waals surface area contributed by atoms with Crippen molar-refractivity contribution in [1.82, 2.24) is 10.1 Å². The summed E-state index contributed by atoms with van der Waals surface area (Å²) >= 11 is 0. The molecule has 1 unspecified atom stereocenters. The first kappa shape index (κ1) is 8.70. The summed E-state index contributed by atoms with van der Waals surface area (Å²) in [6.45, 7) is 3.87. The fourth-order valence-electron chi connectivity index (χ4n) is 0.697. The van der Waals surface area contributed by atoms with Gasteiger partial charge in [0.2, 0.25) is 5.89 Å². The average Bonchev–Trinajstić information content (AvgIpc) is 2.51. The second kappa shape index (κ2) is 3.34. The quantitative estimate of drug-likeness (QED) is 0.739. The van der Waals surface area contributed by atoms with E-state index in [0.717, 1.165) is 6.42 Å². The lowest BCUT2D eigenvalue weighted by atomic mass is 10.1. The molecule has 0 saturated carbocycles. The number of aromatic carboxylic acids is 1. The number of hydrogen-bond donors (Lipinski definition) is 1. The van der Waals surface area contributed by atoms with Gasteiger partial charge in [0.1, 0.15) is 0 Å². The van der Waals surface area contributed by atoms with E-state index >= 15 is 0 Å². The molecule has 0 fully saturated rings. The number of carboxylic acid groups (broad SMARTS) is 1. The normalized spacial score (nSPS) is 12.8. The topological polar surface area (TPSA) is 76.2 Å². The molecule has 5 nitrogen and oxygen atoms in total. The van der Waals surface area contributed by atoms with Gasteiger partial charge in [-0.2, -0.15) is 4.98 Å². The molecular weight excluding hydrogens is 160 g/mol. The van der Waals surface area contributed by atoms with Crippen molar-refractivity contribution in [2.45, 2.75) is 26.2 Å². The number of nitrogens with zero attached hydrogens (tertiary/aromatic N) is 2. The Labute approximate surface area is 69.4 Å². The van der Waals surface area contributed by atoms with Gasteiger partial charge < -0.3 is 9.63 Å². The van der Waals surface area contributed by atoms with Crippen LogP contribution in [0.15, 0.2) is 4.52 Å². The highest BCUT2D eigenvalue weighted by Crippen LogP contribution is 2.15. The van der Waals surface area contributed by atoms with Gasteiger partial charge >= 0.3 is 5.97 Å². The minimum absolute atomic E-state index is 0.116. The average molecular weight is 170 g/mol. The zero-order valence-electron chi connectivity index (χ0n) is 6.94. The van der Waals surface area contributed by atoms with Crippen LogP contribution in [0.5, 0.6) is 0 Å². The molecule has 0 aliphatic rings. The Morgan fingerprint density at radius 2 is 2.42 bits per heavy atom. The van der Waals surface area contributed by atoms with Crippen molar-refractivity contribution < 1.29 is 14.4 Å². The molecule has 0 amide bonds. The molecule has 0 radical (unpaired) electrons. The van der Waals surface area contributed by atoms with Gasteiger partial charge in [0.15, 0.2) is 0 Å². The molecule has 1 rings (SSSR count). The monoisotopic (exact) mass is 170 g/mol. The fourth-order valence-corrected chi connectivity index (χ4v) is 0.697. The first-order valence-corrected chi connectivity index (χ1v) is 3.72. The summed E-state index contributed by atoms with van der Waals surface area (Å²) in [6, 6.07) is 0. The molecule has 0 saturated heterocycles. The standard InChI is InChI=1S/C7H10N2O3/c1-3-4(2)6-8-5(7(10)11)9-12-6/h4H,3H2,1-2H3,(H,10,11). The molecule has 1 heterocycles. The predicted octanol–water partition coefficient (Wildman–Crippen LogP) is 1.28. The first-order chi connectivity index (χ1) is 5.65. The van der Waals surface area contributed by atoms with Crippen molar-refractivity contribution in [2.75, 3.05) is 0 Å². The Morgan fingerprint density at radius 3 is 2.83 bits per heavy atom. The summed E-state index contributed by atoms with van der Waals surface area (Å²) in [5.41, 5.74) is 0. The lowest BCUT2D eigenvalue weighted by molar-refractivity contribution is 0.0680. The van der Waals surface area contributed by atoms with Crippen molar-refractivity contribution in [3.63, 3.8) is 0 Å². The maximum absolute atomic E-state index is 10.3. The van der Waals surface area contributed by atoms with Gasteiger partial charge in [-0.1, -0.05) is 13.8 Å².